The summed E-state index contributed by atoms with van der Waals surface area (Å²) in [6.45, 7) is 0.155. The van der Waals surface area contributed by atoms with Gasteiger partial charge in [0.25, 0.3) is 5.91 Å². The van der Waals surface area contributed by atoms with E-state index in [-0.39, 0.29) is 31.2 Å². The molecule has 0 fully saturated rings. The van der Waals surface area contributed by atoms with E-state index in [4.69, 9.17) is 17.3 Å². The molecule has 0 atom stereocenters. The number of nitrogens with one attached hydrogen (secondary N) is 2. The second-order valence-corrected chi connectivity index (χ2v) is 7.67. The van der Waals surface area contributed by atoms with Crippen LogP contribution in [0.2, 0.25) is 5.02 Å². The van der Waals surface area contributed by atoms with Crippen molar-refractivity contribution in [2.24, 2.45) is 5.73 Å². The van der Waals surface area contributed by atoms with Gasteiger partial charge in [0.05, 0.1) is 17.1 Å². The highest BCUT2D eigenvalue weighted by Crippen LogP contribution is 2.30. The van der Waals surface area contributed by atoms with E-state index in [1.807, 2.05) is 23.6 Å². The van der Waals surface area contributed by atoms with Crippen molar-refractivity contribution in [1.82, 2.24) is 10.3 Å². The predicted molar refractivity (Wildman–Crippen MR) is 117 cm³/mol. The maximum Gasteiger partial charge on any atom is 0.251 e. The van der Waals surface area contributed by atoms with Crippen molar-refractivity contribution in [3.63, 3.8) is 0 Å². The van der Waals surface area contributed by atoms with Crippen molar-refractivity contribution in [3.8, 4) is 10.6 Å². The van der Waals surface area contributed by atoms with Crippen LogP contribution in [-0.2, 0) is 16.0 Å². The van der Waals surface area contributed by atoms with Gasteiger partial charge in [0.2, 0.25) is 11.8 Å². The zero-order valence-corrected chi connectivity index (χ0v) is 17.4. The zero-order chi connectivity index (χ0) is 21.5. The van der Waals surface area contributed by atoms with E-state index < -0.39 is 5.91 Å². The van der Waals surface area contributed by atoms with Crippen molar-refractivity contribution in [3.05, 3.63) is 70.2 Å². The fourth-order valence-corrected chi connectivity index (χ4v) is 3.80. The number of amides is 3. The van der Waals surface area contributed by atoms with Crippen LogP contribution in [0.4, 0.5) is 5.69 Å². The summed E-state index contributed by atoms with van der Waals surface area (Å²) in [5, 5.41) is 8.54. The largest absolute Gasteiger partial charge is 0.370 e. The second-order valence-electron chi connectivity index (χ2n) is 6.40. The molecule has 4 N–H and O–H groups in total. The lowest BCUT2D eigenvalue weighted by molar-refractivity contribution is -0.118. The first-order chi connectivity index (χ1) is 14.4. The molecule has 0 bridgehead atoms. The van der Waals surface area contributed by atoms with Crippen LogP contribution in [0.25, 0.3) is 10.6 Å². The third-order valence-electron chi connectivity index (χ3n) is 4.06. The van der Waals surface area contributed by atoms with E-state index in [1.54, 1.807) is 30.3 Å². The van der Waals surface area contributed by atoms with Crippen LogP contribution < -0.4 is 16.4 Å². The normalized spacial score (nSPS) is 10.4. The lowest BCUT2D eigenvalue weighted by Gasteiger charge is -2.07. The highest BCUT2D eigenvalue weighted by molar-refractivity contribution is 7.13. The van der Waals surface area contributed by atoms with Crippen molar-refractivity contribution in [2.75, 3.05) is 11.9 Å². The molecule has 2 aromatic carbocycles. The Morgan fingerprint density at radius 2 is 1.90 bits per heavy atom. The minimum atomic E-state index is -0.490. The molecule has 3 rings (SSSR count). The van der Waals surface area contributed by atoms with Gasteiger partial charge < -0.3 is 16.4 Å². The van der Waals surface area contributed by atoms with Gasteiger partial charge in [0.15, 0.2) is 0 Å². The van der Waals surface area contributed by atoms with Crippen LogP contribution in [-0.4, -0.2) is 29.3 Å². The van der Waals surface area contributed by atoms with E-state index in [1.165, 1.54) is 11.3 Å². The number of anilines is 1. The predicted octanol–water partition coefficient (Wildman–Crippen LogP) is 3.25. The Hall–Kier alpha value is -3.23. The third-order valence-corrected chi connectivity index (χ3v) is 5.32. The topological polar surface area (TPSA) is 114 Å². The number of primary amides is 1. The average molecular weight is 443 g/mol. The number of carbonyl (C=O) groups excluding carboxylic acids is 3. The summed E-state index contributed by atoms with van der Waals surface area (Å²) in [7, 11) is 0. The lowest BCUT2D eigenvalue weighted by Crippen LogP contribution is -2.28. The Bertz CT molecular complexity index is 1080. The van der Waals surface area contributed by atoms with Crippen molar-refractivity contribution >= 4 is 46.3 Å². The number of nitrogens with two attached hydrogens (primary N) is 1. The number of thiazole rings is 1. The minimum Gasteiger partial charge on any atom is -0.370 e. The monoisotopic (exact) mass is 442 g/mol. The van der Waals surface area contributed by atoms with Crippen molar-refractivity contribution in [1.29, 1.82) is 0 Å². The fraction of sp³-hybridized carbons (Fsp3) is 0.143. The number of aromatic nitrogens is 1. The lowest BCUT2D eigenvalue weighted by atomic mass is 10.2. The van der Waals surface area contributed by atoms with Gasteiger partial charge in [-0.2, -0.15) is 0 Å². The van der Waals surface area contributed by atoms with Crippen LogP contribution >= 0.6 is 22.9 Å². The summed E-state index contributed by atoms with van der Waals surface area (Å²) in [5.41, 5.74) is 7.37. The Labute approximate surface area is 182 Å². The molecule has 0 saturated carbocycles. The van der Waals surface area contributed by atoms with E-state index in [0.29, 0.717) is 22.0 Å². The molecule has 1 heterocycles. The minimum absolute atomic E-state index is 0.0615. The average Bonchev–Trinajstić information content (AvgIpc) is 3.16. The standard InChI is InChI=1S/C21H19ClN4O3S/c22-17-7-2-1-6-16(17)21-26-15(12-30-21)11-19(28)25-14-5-3-4-13(10-14)20(29)24-9-8-18(23)27/h1-7,10,12H,8-9,11H2,(H2,23,27)(H,24,29)(H,25,28). The molecule has 3 amide bonds. The molecule has 154 valence electrons. The van der Waals surface area contributed by atoms with E-state index in [2.05, 4.69) is 15.6 Å². The Kier molecular flexibility index (Phi) is 7.16. The Balaban J connectivity index is 1.60. The number of halogens is 1. The molecule has 0 radical (unpaired) electrons. The first-order valence-corrected chi connectivity index (χ1v) is 10.3. The van der Waals surface area contributed by atoms with E-state index in [9.17, 15) is 14.4 Å². The molecule has 3 aromatic rings. The molecule has 0 aliphatic carbocycles. The number of carbonyl (C=O) groups is 3. The maximum absolute atomic E-state index is 12.4. The van der Waals surface area contributed by atoms with Gasteiger partial charge in [0, 0.05) is 35.2 Å². The smallest absolute Gasteiger partial charge is 0.251 e. The summed E-state index contributed by atoms with van der Waals surface area (Å²) in [6, 6.07) is 13.9. The number of hydrogen-bond acceptors (Lipinski definition) is 5. The molecule has 0 aliphatic rings. The van der Waals surface area contributed by atoms with E-state index in [0.717, 1.165) is 10.6 Å². The first-order valence-electron chi connectivity index (χ1n) is 9.08. The highest BCUT2D eigenvalue weighted by atomic mass is 35.5. The quantitative estimate of drug-likeness (QED) is 0.496. The molecule has 7 nitrogen and oxygen atoms in total. The number of benzene rings is 2. The second kappa shape index (κ2) is 10.00. The number of hydrogen-bond donors (Lipinski definition) is 3. The van der Waals surface area contributed by atoms with Gasteiger partial charge in [-0.25, -0.2) is 4.98 Å². The van der Waals surface area contributed by atoms with Gasteiger partial charge in [-0.1, -0.05) is 35.9 Å². The maximum atomic E-state index is 12.4. The molecule has 0 unspecified atom stereocenters. The third kappa shape index (κ3) is 5.88. The number of nitrogens with zero attached hydrogens (tertiary/aromatic N) is 1. The highest BCUT2D eigenvalue weighted by Gasteiger charge is 2.12. The molecule has 0 spiro atoms. The summed E-state index contributed by atoms with van der Waals surface area (Å²) >= 11 is 7.62. The fourth-order valence-electron chi connectivity index (χ4n) is 2.66. The molecular formula is C21H19ClN4O3S. The zero-order valence-electron chi connectivity index (χ0n) is 15.9. The summed E-state index contributed by atoms with van der Waals surface area (Å²) < 4.78 is 0. The summed E-state index contributed by atoms with van der Waals surface area (Å²) in [4.78, 5) is 39.8. The number of rotatable bonds is 8. The van der Waals surface area contributed by atoms with Gasteiger partial charge in [-0.3, -0.25) is 14.4 Å². The van der Waals surface area contributed by atoms with Crippen LogP contribution in [0, 0.1) is 0 Å². The van der Waals surface area contributed by atoms with Crippen LogP contribution in [0.3, 0.4) is 0 Å². The molecule has 0 saturated heterocycles. The molecule has 0 aliphatic heterocycles. The summed E-state index contributed by atoms with van der Waals surface area (Å²) in [5.74, 6) is -1.09. The van der Waals surface area contributed by atoms with E-state index >= 15 is 0 Å². The van der Waals surface area contributed by atoms with Crippen LogP contribution in [0.5, 0.6) is 0 Å². The van der Waals surface area contributed by atoms with Crippen LogP contribution in [0.15, 0.2) is 53.9 Å². The Morgan fingerprint density at radius 1 is 1.10 bits per heavy atom. The van der Waals surface area contributed by atoms with Gasteiger partial charge in [-0.05, 0) is 24.3 Å². The SMILES string of the molecule is NC(=O)CCNC(=O)c1cccc(NC(=O)Cc2csc(-c3ccccc3Cl)n2)c1. The van der Waals surface area contributed by atoms with Crippen LogP contribution in [0.1, 0.15) is 22.5 Å². The first kappa shape index (κ1) is 21.5. The summed E-state index contributed by atoms with van der Waals surface area (Å²) in [6.07, 6.45) is 0.155. The van der Waals surface area contributed by atoms with Gasteiger partial charge in [0.1, 0.15) is 5.01 Å². The molecule has 9 heteroatoms. The molecule has 1 aromatic heterocycles. The van der Waals surface area contributed by atoms with Gasteiger partial charge in [-0.15, -0.1) is 11.3 Å². The van der Waals surface area contributed by atoms with Crippen molar-refractivity contribution in [2.45, 2.75) is 12.8 Å². The van der Waals surface area contributed by atoms with Gasteiger partial charge >= 0.3 is 0 Å². The molecule has 30 heavy (non-hydrogen) atoms. The Morgan fingerprint density at radius 3 is 2.67 bits per heavy atom. The molecular weight excluding hydrogens is 424 g/mol. The van der Waals surface area contributed by atoms with Crippen molar-refractivity contribution < 1.29 is 14.4 Å².